The van der Waals surface area contributed by atoms with Crippen LogP contribution in [0.4, 0.5) is 5.69 Å². The van der Waals surface area contributed by atoms with Crippen LogP contribution in [-0.2, 0) is 4.79 Å². The zero-order chi connectivity index (χ0) is 23.3. The number of carbonyl (C=O) groups is 1. The van der Waals surface area contributed by atoms with E-state index < -0.39 is 0 Å². The molecule has 0 spiro atoms. The third kappa shape index (κ3) is 4.41. The second-order valence-corrected chi connectivity index (χ2v) is 11.2. The second-order valence-electron chi connectivity index (χ2n) is 9.10. The fourth-order valence-corrected chi connectivity index (χ4v) is 6.37. The number of hydrazone groups is 1. The third-order valence-corrected chi connectivity index (χ3v) is 8.53. The molecule has 9 heteroatoms. The molecule has 2 aromatic carbocycles. The molecule has 5 rings (SSSR count). The van der Waals surface area contributed by atoms with E-state index in [0.717, 1.165) is 23.1 Å². The van der Waals surface area contributed by atoms with Crippen molar-refractivity contribution in [2.24, 2.45) is 22.9 Å². The molecule has 2 unspecified atom stereocenters. The van der Waals surface area contributed by atoms with Gasteiger partial charge < -0.3 is 0 Å². The first kappa shape index (κ1) is 23.4. The maximum absolute atomic E-state index is 13.5. The summed E-state index contributed by atoms with van der Waals surface area (Å²) >= 11 is 22.8. The van der Waals surface area contributed by atoms with Gasteiger partial charge in [0.05, 0.1) is 16.8 Å². The molecule has 0 N–H and O–H groups in total. The predicted octanol–water partition coefficient (Wildman–Crippen LogP) is 6.94. The summed E-state index contributed by atoms with van der Waals surface area (Å²) in [6, 6.07) is 13.1. The number of hydrogen-bond donors (Lipinski definition) is 0. The SMILES string of the molecule is C[C@@H]1C(C(=O)N(Cl)N2CC3CCCC3C2)=NN(c2ccc(Cl)cc2Cl)[C@@H]1c1ccc(Br)cc1. The molecule has 4 atom stereocenters. The number of nitrogens with zero attached hydrogens (tertiary/aromatic N) is 4. The summed E-state index contributed by atoms with van der Waals surface area (Å²) in [5.74, 6) is 0.774. The van der Waals surface area contributed by atoms with E-state index in [9.17, 15) is 4.79 Å². The van der Waals surface area contributed by atoms with Crippen LogP contribution in [0, 0.1) is 17.8 Å². The standard InChI is InChI=1S/C24H24BrCl3N4O/c1-14-22(24(33)32(28)30-12-16-3-2-4-17(16)13-30)29-31(21-10-9-19(26)11-20(21)27)23(14)15-5-7-18(25)8-6-15/h5-11,14,16-17,23H,2-4,12-13H2,1H3/t14-,16?,17?,23+/m1/s1. The summed E-state index contributed by atoms with van der Waals surface area (Å²) in [6.07, 6.45) is 3.70. The van der Waals surface area contributed by atoms with Crippen LogP contribution in [0.1, 0.15) is 37.8 Å². The van der Waals surface area contributed by atoms with E-state index in [4.69, 9.17) is 40.1 Å². The lowest BCUT2D eigenvalue weighted by atomic mass is 9.91. The van der Waals surface area contributed by atoms with Crippen LogP contribution in [0.25, 0.3) is 0 Å². The number of anilines is 1. The van der Waals surface area contributed by atoms with E-state index in [1.165, 1.54) is 23.8 Å². The normalized spacial score (nSPS) is 27.1. The number of amides is 1. The van der Waals surface area contributed by atoms with Gasteiger partial charge in [0.15, 0.2) is 0 Å². The summed E-state index contributed by atoms with van der Waals surface area (Å²) in [6.45, 7) is 3.66. The molecule has 1 saturated carbocycles. The number of carbonyl (C=O) groups excluding carboxylic acids is 1. The van der Waals surface area contributed by atoms with Gasteiger partial charge in [-0.15, -0.1) is 0 Å². The Bertz CT molecular complexity index is 1080. The molecule has 0 bridgehead atoms. The van der Waals surface area contributed by atoms with E-state index in [2.05, 4.69) is 15.9 Å². The van der Waals surface area contributed by atoms with Crippen molar-refractivity contribution in [3.05, 3.63) is 62.5 Å². The van der Waals surface area contributed by atoms with Crippen LogP contribution < -0.4 is 5.01 Å². The van der Waals surface area contributed by atoms with Gasteiger partial charge in [0, 0.05) is 40.3 Å². The minimum absolute atomic E-state index is 0.200. The van der Waals surface area contributed by atoms with Gasteiger partial charge in [0.2, 0.25) is 0 Å². The molecule has 174 valence electrons. The molecule has 2 aliphatic heterocycles. The average Bonchev–Trinajstić information content (AvgIpc) is 3.47. The van der Waals surface area contributed by atoms with E-state index in [-0.39, 0.29) is 17.9 Å². The molecule has 1 saturated heterocycles. The molecule has 33 heavy (non-hydrogen) atoms. The van der Waals surface area contributed by atoms with Crippen molar-refractivity contribution in [2.45, 2.75) is 32.2 Å². The molecule has 0 aromatic heterocycles. The Morgan fingerprint density at radius 1 is 1.09 bits per heavy atom. The van der Waals surface area contributed by atoms with Crippen molar-refractivity contribution >= 4 is 68.2 Å². The number of benzene rings is 2. The number of halogens is 4. The van der Waals surface area contributed by atoms with E-state index >= 15 is 0 Å². The predicted molar refractivity (Wildman–Crippen MR) is 138 cm³/mol. The zero-order valence-corrected chi connectivity index (χ0v) is 21.9. The highest BCUT2D eigenvalue weighted by Gasteiger charge is 2.44. The van der Waals surface area contributed by atoms with Crippen molar-refractivity contribution in [3.8, 4) is 0 Å². The van der Waals surface area contributed by atoms with Crippen LogP contribution in [0.5, 0.6) is 0 Å². The van der Waals surface area contributed by atoms with Gasteiger partial charge in [-0.2, -0.15) is 9.63 Å². The van der Waals surface area contributed by atoms with Crippen LogP contribution >= 0.6 is 50.9 Å². The Hall–Kier alpha value is -1.31. The first-order valence-electron chi connectivity index (χ1n) is 11.2. The fraction of sp³-hybridized carbons (Fsp3) is 0.417. The summed E-state index contributed by atoms with van der Waals surface area (Å²) in [5.41, 5.74) is 2.14. The highest BCUT2D eigenvalue weighted by atomic mass is 79.9. The van der Waals surface area contributed by atoms with Gasteiger partial charge in [0.25, 0.3) is 5.91 Å². The molecule has 2 heterocycles. The lowest BCUT2D eigenvalue weighted by Gasteiger charge is -2.28. The molecule has 2 fully saturated rings. The molecule has 1 aliphatic carbocycles. The van der Waals surface area contributed by atoms with Crippen molar-refractivity contribution in [1.29, 1.82) is 0 Å². The maximum atomic E-state index is 13.5. The van der Waals surface area contributed by atoms with E-state index in [1.54, 1.807) is 12.1 Å². The largest absolute Gasteiger partial charge is 0.299 e. The van der Waals surface area contributed by atoms with Crippen LogP contribution in [-0.4, -0.2) is 34.2 Å². The monoisotopic (exact) mass is 568 g/mol. The van der Waals surface area contributed by atoms with Gasteiger partial charge >= 0.3 is 0 Å². The highest BCUT2D eigenvalue weighted by molar-refractivity contribution is 9.10. The summed E-state index contributed by atoms with van der Waals surface area (Å²) < 4.78 is 2.25. The highest BCUT2D eigenvalue weighted by Crippen LogP contribution is 2.44. The smallest absolute Gasteiger partial charge is 0.265 e. The van der Waals surface area contributed by atoms with Crippen LogP contribution in [0.15, 0.2) is 52.0 Å². The molecular formula is C24H24BrCl3N4O. The second kappa shape index (κ2) is 9.38. The van der Waals surface area contributed by atoms with Gasteiger partial charge in [-0.1, -0.05) is 64.6 Å². The van der Waals surface area contributed by atoms with Crippen LogP contribution in [0.2, 0.25) is 10.0 Å². The molecule has 5 nitrogen and oxygen atoms in total. The number of fused-ring (bicyclic) bond motifs is 1. The Morgan fingerprint density at radius 2 is 1.76 bits per heavy atom. The zero-order valence-electron chi connectivity index (χ0n) is 18.1. The lowest BCUT2D eigenvalue weighted by molar-refractivity contribution is -0.129. The van der Waals surface area contributed by atoms with Gasteiger partial charge in [-0.05, 0) is 60.6 Å². The summed E-state index contributed by atoms with van der Waals surface area (Å²) in [5, 5.41) is 9.60. The number of hydrazine groups is 1. The molecule has 3 aliphatic rings. The molecule has 0 radical (unpaired) electrons. The molecule has 1 amide bonds. The molecule has 2 aromatic rings. The van der Waals surface area contributed by atoms with Crippen molar-refractivity contribution in [2.75, 3.05) is 18.1 Å². The Labute approximate surface area is 217 Å². The lowest BCUT2D eigenvalue weighted by Crippen LogP contribution is -2.43. The minimum atomic E-state index is -0.279. The maximum Gasteiger partial charge on any atom is 0.299 e. The van der Waals surface area contributed by atoms with Gasteiger partial charge in [-0.25, -0.2) is 5.01 Å². The van der Waals surface area contributed by atoms with E-state index in [1.807, 2.05) is 47.3 Å². The average molecular weight is 571 g/mol. The Morgan fingerprint density at radius 3 is 2.39 bits per heavy atom. The van der Waals surface area contributed by atoms with Crippen LogP contribution in [0.3, 0.4) is 0 Å². The van der Waals surface area contributed by atoms with Crippen molar-refractivity contribution < 1.29 is 4.79 Å². The minimum Gasteiger partial charge on any atom is -0.265 e. The van der Waals surface area contributed by atoms with Gasteiger partial charge in [-0.3, -0.25) is 9.80 Å². The molecular weight excluding hydrogens is 547 g/mol. The number of hydrogen-bond acceptors (Lipinski definition) is 4. The summed E-state index contributed by atoms with van der Waals surface area (Å²) in [4.78, 5) is 13.5. The quantitative estimate of drug-likeness (QED) is 0.374. The van der Waals surface area contributed by atoms with Crippen molar-refractivity contribution in [3.63, 3.8) is 0 Å². The Balaban J connectivity index is 1.47. The Kier molecular flexibility index (Phi) is 6.66. The topological polar surface area (TPSA) is 39.2 Å². The first-order valence-corrected chi connectivity index (χ1v) is 13.1. The van der Waals surface area contributed by atoms with Gasteiger partial charge in [0.1, 0.15) is 5.71 Å². The number of rotatable bonds is 4. The first-order chi connectivity index (χ1) is 15.8. The van der Waals surface area contributed by atoms with Crippen molar-refractivity contribution in [1.82, 2.24) is 9.54 Å². The fourth-order valence-electron chi connectivity index (χ4n) is 5.41. The third-order valence-electron chi connectivity index (χ3n) is 7.09. The van der Waals surface area contributed by atoms with E-state index in [0.29, 0.717) is 33.3 Å². The summed E-state index contributed by atoms with van der Waals surface area (Å²) in [7, 11) is 0.